The van der Waals surface area contributed by atoms with Crippen LogP contribution in [0.15, 0.2) is 18.2 Å². The fourth-order valence-electron chi connectivity index (χ4n) is 3.11. The van der Waals surface area contributed by atoms with Crippen LogP contribution < -0.4 is 10.2 Å². The van der Waals surface area contributed by atoms with E-state index in [1.54, 1.807) is 6.07 Å². The van der Waals surface area contributed by atoms with Crippen LogP contribution in [0.1, 0.15) is 64.5 Å². The molecule has 1 aromatic rings. The van der Waals surface area contributed by atoms with Gasteiger partial charge in [0.15, 0.2) is 0 Å². The van der Waals surface area contributed by atoms with Gasteiger partial charge in [-0.25, -0.2) is 4.39 Å². The first-order valence-corrected chi connectivity index (χ1v) is 8.89. The van der Waals surface area contributed by atoms with Gasteiger partial charge in [0.1, 0.15) is 5.82 Å². The fourth-order valence-corrected chi connectivity index (χ4v) is 3.11. The van der Waals surface area contributed by atoms with Crippen LogP contribution in [0.2, 0.25) is 0 Å². The normalized spacial score (nSPS) is 17.7. The maximum Gasteiger partial charge on any atom is 0.146 e. The Balaban J connectivity index is 1.94. The number of nitrogens with one attached hydrogen (secondary N) is 1. The molecule has 0 amide bonds. The van der Waals surface area contributed by atoms with E-state index in [4.69, 9.17) is 0 Å². The number of nitrogens with zero attached hydrogens (tertiary/aromatic N) is 1. The van der Waals surface area contributed by atoms with E-state index in [1.165, 1.54) is 19.3 Å². The highest BCUT2D eigenvalue weighted by Crippen LogP contribution is 2.27. The first kappa shape index (κ1) is 17.3. The highest BCUT2D eigenvalue weighted by atomic mass is 19.1. The van der Waals surface area contributed by atoms with Gasteiger partial charge in [0.2, 0.25) is 0 Å². The van der Waals surface area contributed by atoms with Gasteiger partial charge in [-0.2, -0.15) is 0 Å². The second kappa shape index (κ2) is 8.52. The Morgan fingerprint density at radius 1 is 1.27 bits per heavy atom. The number of unbranched alkanes of at least 4 members (excludes halogenated alkanes) is 2. The van der Waals surface area contributed by atoms with E-state index < -0.39 is 0 Å². The number of hydrogen-bond donors (Lipinski definition) is 1. The quantitative estimate of drug-likeness (QED) is 0.721. The van der Waals surface area contributed by atoms with Crippen LogP contribution in [0.5, 0.6) is 0 Å². The minimum atomic E-state index is -0.0748. The summed E-state index contributed by atoms with van der Waals surface area (Å²) >= 11 is 0. The molecule has 1 heterocycles. The van der Waals surface area contributed by atoms with Crippen molar-refractivity contribution in [2.75, 3.05) is 24.5 Å². The standard InChI is InChI=1S/C19H31FN2/c1-4-5-6-11-21-16(3)17-7-8-19(18(20)14-17)22-12-9-15(2)10-13-22/h7-8,14-16,21H,4-6,9-13H2,1-3H3/t16-/m1/s1. The number of benzene rings is 1. The van der Waals surface area contributed by atoms with Crippen LogP contribution in [-0.4, -0.2) is 19.6 Å². The van der Waals surface area contributed by atoms with E-state index in [0.717, 1.165) is 49.6 Å². The van der Waals surface area contributed by atoms with Gasteiger partial charge in [0, 0.05) is 19.1 Å². The van der Waals surface area contributed by atoms with Gasteiger partial charge in [-0.05, 0) is 56.3 Å². The maximum atomic E-state index is 14.5. The number of hydrogen-bond acceptors (Lipinski definition) is 2. The lowest BCUT2D eigenvalue weighted by atomic mass is 9.98. The summed E-state index contributed by atoms with van der Waals surface area (Å²) in [5, 5.41) is 3.49. The lowest BCUT2D eigenvalue weighted by Gasteiger charge is -2.32. The minimum Gasteiger partial charge on any atom is -0.369 e. The summed E-state index contributed by atoms with van der Waals surface area (Å²) in [7, 11) is 0. The van der Waals surface area contributed by atoms with E-state index in [0.29, 0.717) is 0 Å². The van der Waals surface area contributed by atoms with E-state index in [9.17, 15) is 4.39 Å². The molecule has 0 aromatic heterocycles. The summed E-state index contributed by atoms with van der Waals surface area (Å²) in [6, 6.07) is 5.96. The van der Waals surface area contributed by atoms with Crippen LogP contribution in [0.3, 0.4) is 0 Å². The lowest BCUT2D eigenvalue weighted by molar-refractivity contribution is 0.434. The van der Waals surface area contributed by atoms with Crippen LogP contribution in [0.4, 0.5) is 10.1 Å². The van der Waals surface area contributed by atoms with Gasteiger partial charge >= 0.3 is 0 Å². The predicted molar refractivity (Wildman–Crippen MR) is 93.0 cm³/mol. The third-order valence-corrected chi connectivity index (χ3v) is 4.83. The second-order valence-corrected chi connectivity index (χ2v) is 6.76. The van der Waals surface area contributed by atoms with Crippen molar-refractivity contribution in [3.63, 3.8) is 0 Å². The summed E-state index contributed by atoms with van der Waals surface area (Å²) < 4.78 is 14.5. The molecule has 22 heavy (non-hydrogen) atoms. The Hall–Kier alpha value is -1.09. The van der Waals surface area contributed by atoms with Crippen LogP contribution >= 0.6 is 0 Å². The molecule has 2 rings (SSSR count). The average Bonchev–Trinajstić information content (AvgIpc) is 2.52. The Labute approximate surface area is 135 Å². The summed E-state index contributed by atoms with van der Waals surface area (Å²) in [5.41, 5.74) is 1.82. The van der Waals surface area contributed by atoms with Crippen molar-refractivity contribution >= 4 is 5.69 Å². The van der Waals surface area contributed by atoms with Gasteiger partial charge in [0.05, 0.1) is 5.69 Å². The molecule has 0 spiro atoms. The molecule has 0 saturated carbocycles. The first-order chi connectivity index (χ1) is 10.6. The highest BCUT2D eigenvalue weighted by Gasteiger charge is 2.19. The van der Waals surface area contributed by atoms with Crippen molar-refractivity contribution in [1.29, 1.82) is 0 Å². The molecule has 3 heteroatoms. The zero-order valence-electron chi connectivity index (χ0n) is 14.4. The molecule has 0 aliphatic carbocycles. The van der Waals surface area contributed by atoms with E-state index in [-0.39, 0.29) is 11.9 Å². The number of halogens is 1. The third-order valence-electron chi connectivity index (χ3n) is 4.83. The molecule has 2 nitrogen and oxygen atoms in total. The summed E-state index contributed by atoms with van der Waals surface area (Å²) in [6.07, 6.45) is 5.99. The average molecular weight is 306 g/mol. The monoisotopic (exact) mass is 306 g/mol. The fraction of sp³-hybridized carbons (Fsp3) is 0.684. The molecule has 1 aliphatic heterocycles. The molecule has 1 aliphatic rings. The minimum absolute atomic E-state index is 0.0748. The van der Waals surface area contributed by atoms with Gasteiger partial charge in [0.25, 0.3) is 0 Å². The predicted octanol–water partition coefficient (Wildman–Crippen LogP) is 4.90. The van der Waals surface area contributed by atoms with E-state index in [2.05, 4.69) is 37.1 Å². The Morgan fingerprint density at radius 2 is 2.00 bits per heavy atom. The molecule has 1 aromatic carbocycles. The van der Waals surface area contributed by atoms with E-state index in [1.807, 2.05) is 6.07 Å². The molecular weight excluding hydrogens is 275 g/mol. The SMILES string of the molecule is CCCCCN[C@H](C)c1ccc(N2CCC(C)CC2)c(F)c1. The summed E-state index contributed by atoms with van der Waals surface area (Å²) in [5.74, 6) is 0.695. The van der Waals surface area contributed by atoms with Gasteiger partial charge < -0.3 is 10.2 Å². The molecule has 1 saturated heterocycles. The molecule has 1 N–H and O–H groups in total. The largest absolute Gasteiger partial charge is 0.369 e. The van der Waals surface area contributed by atoms with Crippen molar-refractivity contribution in [1.82, 2.24) is 5.32 Å². The van der Waals surface area contributed by atoms with Crippen molar-refractivity contribution in [3.05, 3.63) is 29.6 Å². The first-order valence-electron chi connectivity index (χ1n) is 8.89. The molecule has 124 valence electrons. The lowest BCUT2D eigenvalue weighted by Crippen LogP contribution is -2.33. The molecule has 1 atom stereocenters. The van der Waals surface area contributed by atoms with Gasteiger partial charge in [-0.3, -0.25) is 0 Å². The van der Waals surface area contributed by atoms with Crippen molar-refractivity contribution < 1.29 is 4.39 Å². The summed E-state index contributed by atoms with van der Waals surface area (Å²) in [6.45, 7) is 9.55. The van der Waals surface area contributed by atoms with Crippen LogP contribution in [0, 0.1) is 11.7 Å². The highest BCUT2D eigenvalue weighted by molar-refractivity contribution is 5.50. The molecule has 0 bridgehead atoms. The Morgan fingerprint density at radius 3 is 2.64 bits per heavy atom. The van der Waals surface area contributed by atoms with Crippen molar-refractivity contribution in [2.45, 2.75) is 58.9 Å². The molecular formula is C19H31FN2. The number of rotatable bonds is 7. The Bertz CT molecular complexity index is 453. The van der Waals surface area contributed by atoms with Crippen LogP contribution in [-0.2, 0) is 0 Å². The molecule has 0 unspecified atom stereocenters. The Kier molecular flexibility index (Phi) is 6.69. The zero-order valence-corrected chi connectivity index (χ0v) is 14.4. The zero-order chi connectivity index (χ0) is 15.9. The summed E-state index contributed by atoms with van der Waals surface area (Å²) in [4.78, 5) is 2.19. The number of piperidine rings is 1. The van der Waals surface area contributed by atoms with Gasteiger partial charge in [-0.1, -0.05) is 32.8 Å². The van der Waals surface area contributed by atoms with Gasteiger partial charge in [-0.15, -0.1) is 0 Å². The topological polar surface area (TPSA) is 15.3 Å². The molecule has 1 fully saturated rings. The second-order valence-electron chi connectivity index (χ2n) is 6.76. The smallest absolute Gasteiger partial charge is 0.146 e. The maximum absolute atomic E-state index is 14.5. The van der Waals surface area contributed by atoms with Crippen molar-refractivity contribution in [3.8, 4) is 0 Å². The molecule has 0 radical (unpaired) electrons. The third kappa shape index (κ3) is 4.70. The number of anilines is 1. The van der Waals surface area contributed by atoms with Crippen molar-refractivity contribution in [2.24, 2.45) is 5.92 Å². The van der Waals surface area contributed by atoms with Crippen LogP contribution in [0.25, 0.3) is 0 Å². The van der Waals surface area contributed by atoms with E-state index >= 15 is 0 Å².